The van der Waals surface area contributed by atoms with E-state index in [0.29, 0.717) is 6.54 Å². The van der Waals surface area contributed by atoms with E-state index in [4.69, 9.17) is 5.11 Å². The molecule has 1 saturated heterocycles. The minimum atomic E-state index is -0.820. The van der Waals surface area contributed by atoms with Crippen molar-refractivity contribution in [2.75, 3.05) is 37.6 Å². The summed E-state index contributed by atoms with van der Waals surface area (Å²) in [5.41, 5.74) is 0.755. The second-order valence-corrected chi connectivity index (χ2v) is 6.07. The van der Waals surface area contributed by atoms with Crippen LogP contribution in [0, 0.1) is 11.7 Å². The Morgan fingerprint density at radius 2 is 2.09 bits per heavy atom. The lowest BCUT2D eigenvalue weighted by Gasteiger charge is -2.32. The highest BCUT2D eigenvalue weighted by Gasteiger charge is 2.18. The second kappa shape index (κ2) is 8.13. The minimum Gasteiger partial charge on any atom is -0.481 e. The van der Waals surface area contributed by atoms with Crippen molar-refractivity contribution in [2.24, 2.45) is 5.92 Å². The van der Waals surface area contributed by atoms with Crippen LogP contribution in [-0.2, 0) is 4.79 Å². The Labute approximate surface area is 131 Å². The number of aliphatic carboxylic acids is 1. The summed E-state index contributed by atoms with van der Waals surface area (Å²) in [7, 11) is 0. The maximum absolute atomic E-state index is 13.5. The third-order valence-electron chi connectivity index (χ3n) is 4.22. The number of nitrogens with zero attached hydrogens (tertiary/aromatic N) is 2. The van der Waals surface area contributed by atoms with Crippen LogP contribution in [0.1, 0.15) is 26.2 Å². The van der Waals surface area contributed by atoms with Crippen molar-refractivity contribution in [1.29, 1.82) is 0 Å². The van der Waals surface area contributed by atoms with Gasteiger partial charge in [0.05, 0.1) is 5.92 Å². The van der Waals surface area contributed by atoms with Gasteiger partial charge in [-0.25, -0.2) is 4.39 Å². The lowest BCUT2D eigenvalue weighted by atomic mass is 10.1. The Morgan fingerprint density at radius 3 is 2.73 bits per heavy atom. The highest BCUT2D eigenvalue weighted by molar-refractivity contribution is 5.70. The van der Waals surface area contributed by atoms with Gasteiger partial charge < -0.3 is 14.9 Å². The van der Waals surface area contributed by atoms with Gasteiger partial charge in [0.1, 0.15) is 5.82 Å². The number of piperidine rings is 1. The summed E-state index contributed by atoms with van der Waals surface area (Å²) in [6.07, 6.45) is 3.75. The molecule has 1 aliphatic rings. The van der Waals surface area contributed by atoms with Gasteiger partial charge in [0.2, 0.25) is 0 Å². The lowest BCUT2D eigenvalue weighted by Crippen LogP contribution is -2.40. The van der Waals surface area contributed by atoms with Crippen molar-refractivity contribution in [3.8, 4) is 0 Å². The summed E-state index contributed by atoms with van der Waals surface area (Å²) in [4.78, 5) is 15.5. The molecule has 0 aromatic heterocycles. The zero-order valence-corrected chi connectivity index (χ0v) is 13.2. The first-order valence-corrected chi connectivity index (χ1v) is 8.02. The predicted octanol–water partition coefficient (Wildman–Crippen LogP) is 2.84. The van der Waals surface area contributed by atoms with Crippen LogP contribution in [-0.4, -0.2) is 48.7 Å². The van der Waals surface area contributed by atoms with E-state index in [1.165, 1.54) is 31.4 Å². The molecular weight excluding hydrogens is 283 g/mol. The second-order valence-electron chi connectivity index (χ2n) is 6.07. The number of rotatable bonds is 7. The first-order valence-electron chi connectivity index (χ1n) is 8.02. The highest BCUT2D eigenvalue weighted by atomic mass is 19.1. The first kappa shape index (κ1) is 16.7. The Hall–Kier alpha value is -1.62. The van der Waals surface area contributed by atoms with Crippen LogP contribution in [0.2, 0.25) is 0 Å². The molecule has 4 nitrogen and oxygen atoms in total. The molecule has 5 heteroatoms. The van der Waals surface area contributed by atoms with E-state index >= 15 is 0 Å². The molecule has 0 aliphatic carbocycles. The molecule has 0 bridgehead atoms. The van der Waals surface area contributed by atoms with E-state index in [0.717, 1.165) is 31.9 Å². The number of hydrogen-bond donors (Lipinski definition) is 1. The zero-order valence-electron chi connectivity index (χ0n) is 13.2. The molecule has 1 unspecified atom stereocenters. The smallest absolute Gasteiger partial charge is 0.308 e. The van der Waals surface area contributed by atoms with Gasteiger partial charge in [0.15, 0.2) is 0 Å². The molecule has 1 fully saturated rings. The number of likely N-dealkylation sites (tertiary alicyclic amines) is 1. The number of carboxylic acids is 1. The van der Waals surface area contributed by atoms with Gasteiger partial charge in [-0.15, -0.1) is 0 Å². The largest absolute Gasteiger partial charge is 0.481 e. The average Bonchev–Trinajstić information content (AvgIpc) is 2.52. The topological polar surface area (TPSA) is 43.8 Å². The highest BCUT2D eigenvalue weighted by Crippen LogP contribution is 2.18. The molecule has 1 aromatic rings. The molecule has 0 saturated carbocycles. The van der Waals surface area contributed by atoms with Crippen LogP contribution in [0.25, 0.3) is 0 Å². The van der Waals surface area contributed by atoms with E-state index < -0.39 is 11.9 Å². The number of carboxylic acid groups (broad SMARTS) is 1. The van der Waals surface area contributed by atoms with E-state index in [-0.39, 0.29) is 5.82 Å². The van der Waals surface area contributed by atoms with Crippen LogP contribution in [0.3, 0.4) is 0 Å². The van der Waals surface area contributed by atoms with Gasteiger partial charge in [-0.05, 0) is 44.1 Å². The fourth-order valence-electron chi connectivity index (χ4n) is 2.85. The molecule has 0 spiro atoms. The Bertz CT molecular complexity index is 489. The first-order chi connectivity index (χ1) is 10.6. The SMILES string of the molecule is CC(CN(CCN1CCCCC1)c1cccc(F)c1)C(=O)O. The monoisotopic (exact) mass is 308 g/mol. The molecule has 1 aromatic carbocycles. The summed E-state index contributed by atoms with van der Waals surface area (Å²) >= 11 is 0. The zero-order chi connectivity index (χ0) is 15.9. The number of anilines is 1. The van der Waals surface area contributed by atoms with Crippen LogP contribution in [0.4, 0.5) is 10.1 Å². The van der Waals surface area contributed by atoms with E-state index in [9.17, 15) is 9.18 Å². The Balaban J connectivity index is 2.01. The van der Waals surface area contributed by atoms with Crippen molar-refractivity contribution >= 4 is 11.7 Å². The summed E-state index contributed by atoms with van der Waals surface area (Å²) in [5, 5.41) is 9.14. The summed E-state index contributed by atoms with van der Waals surface area (Å²) in [5.74, 6) is -1.59. The molecule has 1 aliphatic heterocycles. The maximum Gasteiger partial charge on any atom is 0.308 e. The summed E-state index contributed by atoms with van der Waals surface area (Å²) in [6, 6.07) is 6.40. The fraction of sp³-hybridized carbons (Fsp3) is 0.588. The van der Waals surface area contributed by atoms with Crippen LogP contribution < -0.4 is 4.90 Å². The normalized spacial score (nSPS) is 17.2. The van der Waals surface area contributed by atoms with Gasteiger partial charge in [0, 0.05) is 25.3 Å². The van der Waals surface area contributed by atoms with Crippen molar-refractivity contribution in [1.82, 2.24) is 4.90 Å². The minimum absolute atomic E-state index is 0.288. The third kappa shape index (κ3) is 4.98. The van der Waals surface area contributed by atoms with Crippen molar-refractivity contribution in [3.05, 3.63) is 30.1 Å². The van der Waals surface area contributed by atoms with Crippen molar-refractivity contribution in [2.45, 2.75) is 26.2 Å². The number of carbonyl (C=O) groups is 1. The van der Waals surface area contributed by atoms with Crippen LogP contribution in [0.5, 0.6) is 0 Å². The standard InChI is InChI=1S/C17H25FN2O2/c1-14(17(21)22)13-20(16-7-5-6-15(18)12-16)11-10-19-8-3-2-4-9-19/h5-7,12,14H,2-4,8-11,13H2,1H3,(H,21,22). The molecule has 122 valence electrons. The van der Waals surface area contributed by atoms with E-state index in [1.807, 2.05) is 11.0 Å². The molecule has 0 amide bonds. The van der Waals surface area contributed by atoms with Gasteiger partial charge in [-0.2, -0.15) is 0 Å². The molecule has 2 rings (SSSR count). The molecule has 1 atom stereocenters. The number of halogens is 1. The number of hydrogen-bond acceptors (Lipinski definition) is 3. The molecule has 1 N–H and O–H groups in total. The molecule has 1 heterocycles. The van der Waals surface area contributed by atoms with Gasteiger partial charge in [-0.1, -0.05) is 19.4 Å². The van der Waals surface area contributed by atoms with Crippen LogP contribution in [0.15, 0.2) is 24.3 Å². The fourth-order valence-corrected chi connectivity index (χ4v) is 2.85. The van der Waals surface area contributed by atoms with Crippen LogP contribution >= 0.6 is 0 Å². The number of benzene rings is 1. The van der Waals surface area contributed by atoms with Crippen molar-refractivity contribution < 1.29 is 14.3 Å². The van der Waals surface area contributed by atoms with Gasteiger partial charge in [0.25, 0.3) is 0 Å². The molecule has 0 radical (unpaired) electrons. The van der Waals surface area contributed by atoms with E-state index in [1.54, 1.807) is 13.0 Å². The predicted molar refractivity (Wildman–Crippen MR) is 85.7 cm³/mol. The maximum atomic E-state index is 13.5. The lowest BCUT2D eigenvalue weighted by molar-refractivity contribution is -0.140. The molecular formula is C17H25FN2O2. The third-order valence-corrected chi connectivity index (χ3v) is 4.22. The Morgan fingerprint density at radius 1 is 1.36 bits per heavy atom. The van der Waals surface area contributed by atoms with Gasteiger partial charge >= 0.3 is 5.97 Å². The summed E-state index contributed by atoms with van der Waals surface area (Å²) < 4.78 is 13.5. The van der Waals surface area contributed by atoms with Crippen molar-refractivity contribution in [3.63, 3.8) is 0 Å². The van der Waals surface area contributed by atoms with E-state index in [2.05, 4.69) is 4.90 Å². The Kier molecular flexibility index (Phi) is 6.19. The summed E-state index contributed by atoms with van der Waals surface area (Å²) in [6.45, 7) is 5.91. The quantitative estimate of drug-likeness (QED) is 0.841. The average molecular weight is 308 g/mol. The van der Waals surface area contributed by atoms with Gasteiger partial charge in [-0.3, -0.25) is 4.79 Å². The molecule has 22 heavy (non-hydrogen) atoms.